The van der Waals surface area contributed by atoms with E-state index >= 15 is 0 Å². The molecule has 1 aliphatic rings. The summed E-state index contributed by atoms with van der Waals surface area (Å²) in [4.78, 5) is -0.196. The number of nitrogens with zero attached hydrogens (tertiary/aromatic N) is 4. The van der Waals surface area contributed by atoms with Crippen molar-refractivity contribution >= 4 is 10.0 Å². The second-order valence-electron chi connectivity index (χ2n) is 5.42. The first-order valence-electron chi connectivity index (χ1n) is 7.22. The molecule has 3 rings (SSSR count). The van der Waals surface area contributed by atoms with Crippen LogP contribution < -0.4 is 0 Å². The lowest BCUT2D eigenvalue weighted by atomic mass is 10.2. The van der Waals surface area contributed by atoms with E-state index in [0.29, 0.717) is 0 Å². The molecular weight excluding hydrogens is 335 g/mol. The highest BCUT2D eigenvalue weighted by molar-refractivity contribution is 7.89. The molecule has 7 nitrogen and oxygen atoms in total. The maximum absolute atomic E-state index is 13.3. The SMILES string of the molecule is Cn1cc([C@@H]2CN(S(=O)(=O)c3ccc(F)cc3C#N)CCO2)cn1. The molecule has 2 heterocycles. The van der Waals surface area contributed by atoms with Crippen molar-refractivity contribution in [1.29, 1.82) is 5.26 Å². The topological polar surface area (TPSA) is 88.2 Å². The number of rotatable bonds is 3. The number of aryl methyl sites for hydroxylation is 1. The maximum atomic E-state index is 13.3. The summed E-state index contributed by atoms with van der Waals surface area (Å²) in [5.41, 5.74) is 0.566. The summed E-state index contributed by atoms with van der Waals surface area (Å²) >= 11 is 0. The van der Waals surface area contributed by atoms with Gasteiger partial charge in [0.1, 0.15) is 16.8 Å². The second-order valence-corrected chi connectivity index (χ2v) is 7.33. The van der Waals surface area contributed by atoms with Crippen molar-refractivity contribution in [3.8, 4) is 6.07 Å². The summed E-state index contributed by atoms with van der Waals surface area (Å²) in [6.07, 6.45) is 2.95. The number of benzene rings is 1. The van der Waals surface area contributed by atoms with E-state index in [9.17, 15) is 12.8 Å². The first-order valence-corrected chi connectivity index (χ1v) is 8.66. The van der Waals surface area contributed by atoms with E-state index in [-0.39, 0.29) is 30.2 Å². The quantitative estimate of drug-likeness (QED) is 0.830. The normalized spacial score (nSPS) is 19.1. The second kappa shape index (κ2) is 6.32. The molecule has 0 saturated carbocycles. The molecule has 1 atom stereocenters. The van der Waals surface area contributed by atoms with Crippen LogP contribution in [0.1, 0.15) is 17.2 Å². The number of ether oxygens (including phenoxy) is 1. The van der Waals surface area contributed by atoms with Crippen molar-refractivity contribution < 1.29 is 17.5 Å². The molecule has 126 valence electrons. The molecule has 24 heavy (non-hydrogen) atoms. The number of sulfonamides is 1. The van der Waals surface area contributed by atoms with Crippen LogP contribution in [0.2, 0.25) is 0 Å². The van der Waals surface area contributed by atoms with Crippen LogP contribution in [-0.4, -0.2) is 42.2 Å². The lowest BCUT2D eigenvalue weighted by Crippen LogP contribution is -2.42. The van der Waals surface area contributed by atoms with Gasteiger partial charge in [-0.25, -0.2) is 12.8 Å². The van der Waals surface area contributed by atoms with Crippen molar-refractivity contribution in [2.45, 2.75) is 11.0 Å². The van der Waals surface area contributed by atoms with E-state index in [1.54, 1.807) is 30.2 Å². The highest BCUT2D eigenvalue weighted by Crippen LogP contribution is 2.27. The van der Waals surface area contributed by atoms with Crippen molar-refractivity contribution in [2.24, 2.45) is 7.05 Å². The molecule has 0 N–H and O–H groups in total. The molecule has 0 radical (unpaired) electrons. The van der Waals surface area contributed by atoms with Gasteiger partial charge in [-0.05, 0) is 18.2 Å². The number of halogens is 1. The van der Waals surface area contributed by atoms with Crippen LogP contribution in [-0.2, 0) is 21.8 Å². The van der Waals surface area contributed by atoms with E-state index in [1.165, 1.54) is 4.31 Å². The van der Waals surface area contributed by atoms with Crippen molar-refractivity contribution in [2.75, 3.05) is 19.7 Å². The highest BCUT2D eigenvalue weighted by atomic mass is 32.2. The number of hydrogen-bond donors (Lipinski definition) is 0. The van der Waals surface area contributed by atoms with Gasteiger partial charge in [0.25, 0.3) is 0 Å². The Kier molecular flexibility index (Phi) is 4.36. The highest BCUT2D eigenvalue weighted by Gasteiger charge is 2.33. The Hall–Kier alpha value is -2.28. The largest absolute Gasteiger partial charge is 0.371 e. The van der Waals surface area contributed by atoms with Crippen LogP contribution in [0.25, 0.3) is 0 Å². The Balaban J connectivity index is 1.91. The van der Waals surface area contributed by atoms with Crippen LogP contribution in [0.15, 0.2) is 35.5 Å². The number of hydrogen-bond acceptors (Lipinski definition) is 5. The lowest BCUT2D eigenvalue weighted by Gasteiger charge is -2.31. The fraction of sp³-hybridized carbons (Fsp3) is 0.333. The molecule has 1 fully saturated rings. The summed E-state index contributed by atoms with van der Waals surface area (Å²) in [5, 5.41) is 13.2. The number of morpholine rings is 1. The molecule has 2 aromatic rings. The molecule has 1 saturated heterocycles. The van der Waals surface area contributed by atoms with Gasteiger partial charge in [0, 0.05) is 31.9 Å². The average molecular weight is 350 g/mol. The van der Waals surface area contributed by atoms with Crippen molar-refractivity contribution in [3.63, 3.8) is 0 Å². The van der Waals surface area contributed by atoms with Gasteiger partial charge >= 0.3 is 0 Å². The Bertz CT molecular complexity index is 904. The molecule has 0 aliphatic carbocycles. The smallest absolute Gasteiger partial charge is 0.244 e. The average Bonchev–Trinajstić information content (AvgIpc) is 3.01. The standard InChI is InChI=1S/C15H15FN4O3S/c1-19-9-12(8-18-19)14-10-20(4-5-23-14)24(21,22)15-3-2-13(16)6-11(15)7-17/h2-3,6,8-9,14H,4-5,10H2,1H3/t14-/m0/s1. The maximum Gasteiger partial charge on any atom is 0.244 e. The summed E-state index contributed by atoms with van der Waals surface area (Å²) in [7, 11) is -2.16. The lowest BCUT2D eigenvalue weighted by molar-refractivity contribution is -0.00259. The summed E-state index contributed by atoms with van der Waals surface area (Å²) in [5.74, 6) is -0.652. The van der Waals surface area contributed by atoms with Crippen LogP contribution in [0.5, 0.6) is 0 Å². The van der Waals surface area contributed by atoms with Crippen LogP contribution >= 0.6 is 0 Å². The first-order chi connectivity index (χ1) is 11.4. The molecule has 0 amide bonds. The predicted octanol–water partition coefficient (Wildman–Crippen LogP) is 1.19. The summed E-state index contributed by atoms with van der Waals surface area (Å²) in [6.45, 7) is 0.499. The Morgan fingerprint density at radius 1 is 1.46 bits per heavy atom. The third-order valence-electron chi connectivity index (χ3n) is 3.81. The summed E-state index contributed by atoms with van der Waals surface area (Å²) < 4.78 is 47.4. The van der Waals surface area contributed by atoms with Crippen LogP contribution in [0.3, 0.4) is 0 Å². The van der Waals surface area contributed by atoms with E-state index in [1.807, 2.05) is 0 Å². The zero-order valence-electron chi connectivity index (χ0n) is 12.9. The molecule has 1 aromatic heterocycles. The minimum atomic E-state index is -3.92. The van der Waals surface area contributed by atoms with Crippen LogP contribution in [0, 0.1) is 17.1 Å². The number of nitriles is 1. The van der Waals surface area contributed by atoms with Gasteiger partial charge in [0.05, 0.1) is 24.5 Å². The minimum Gasteiger partial charge on any atom is -0.371 e. The third kappa shape index (κ3) is 3.03. The Labute approximate surface area is 138 Å². The zero-order valence-corrected chi connectivity index (χ0v) is 13.7. The van der Waals surface area contributed by atoms with Gasteiger partial charge in [-0.15, -0.1) is 0 Å². The molecule has 9 heteroatoms. The molecular formula is C15H15FN4O3S. The number of aromatic nitrogens is 2. The molecule has 1 aromatic carbocycles. The summed E-state index contributed by atoms with van der Waals surface area (Å²) in [6, 6.07) is 4.82. The van der Waals surface area contributed by atoms with Crippen LogP contribution in [0.4, 0.5) is 4.39 Å². The van der Waals surface area contributed by atoms with Gasteiger partial charge < -0.3 is 4.74 Å². The van der Waals surface area contributed by atoms with Gasteiger partial charge in [-0.3, -0.25) is 4.68 Å². The zero-order chi connectivity index (χ0) is 17.3. The fourth-order valence-electron chi connectivity index (χ4n) is 2.61. The minimum absolute atomic E-state index is 0.107. The fourth-order valence-corrected chi connectivity index (χ4v) is 4.15. The third-order valence-corrected chi connectivity index (χ3v) is 5.73. The van der Waals surface area contributed by atoms with Gasteiger partial charge in [-0.1, -0.05) is 0 Å². The molecule has 0 unspecified atom stereocenters. The van der Waals surface area contributed by atoms with E-state index in [2.05, 4.69) is 5.10 Å². The van der Waals surface area contributed by atoms with Crippen molar-refractivity contribution in [1.82, 2.24) is 14.1 Å². The van der Waals surface area contributed by atoms with Crippen molar-refractivity contribution in [3.05, 3.63) is 47.5 Å². The van der Waals surface area contributed by atoms with E-state index in [0.717, 1.165) is 23.8 Å². The van der Waals surface area contributed by atoms with E-state index in [4.69, 9.17) is 10.00 Å². The van der Waals surface area contributed by atoms with Gasteiger partial charge in [-0.2, -0.15) is 14.7 Å². The first kappa shape index (κ1) is 16.6. The molecule has 0 spiro atoms. The Morgan fingerprint density at radius 2 is 2.25 bits per heavy atom. The van der Waals surface area contributed by atoms with Gasteiger partial charge in [0.15, 0.2) is 0 Å². The molecule has 1 aliphatic heterocycles. The molecule has 0 bridgehead atoms. The monoisotopic (exact) mass is 350 g/mol. The van der Waals surface area contributed by atoms with Gasteiger partial charge in [0.2, 0.25) is 10.0 Å². The predicted molar refractivity (Wildman–Crippen MR) is 81.8 cm³/mol. The van der Waals surface area contributed by atoms with E-state index < -0.39 is 21.9 Å². The Morgan fingerprint density at radius 3 is 2.92 bits per heavy atom.